The summed E-state index contributed by atoms with van der Waals surface area (Å²) < 4.78 is 6.45. The summed E-state index contributed by atoms with van der Waals surface area (Å²) in [6, 6.07) is 6.02. The quantitative estimate of drug-likeness (QED) is 0.861. The van der Waals surface area contributed by atoms with Gasteiger partial charge in [0.1, 0.15) is 5.75 Å². The third-order valence-corrected chi connectivity index (χ3v) is 4.92. The molecule has 0 amide bonds. The minimum absolute atomic E-state index is 0.125. The van der Waals surface area contributed by atoms with E-state index in [9.17, 15) is 5.11 Å². The van der Waals surface area contributed by atoms with E-state index in [1.54, 1.807) is 7.11 Å². The van der Waals surface area contributed by atoms with E-state index in [0.717, 1.165) is 41.1 Å². The predicted molar refractivity (Wildman–Crippen MR) is 85.0 cm³/mol. The number of halogens is 1. The highest BCUT2D eigenvalue weighted by molar-refractivity contribution is 9.10. The fourth-order valence-electron chi connectivity index (χ4n) is 2.87. The zero-order valence-corrected chi connectivity index (χ0v) is 13.9. The average Bonchev–Trinajstić information content (AvgIpc) is 2.47. The van der Waals surface area contributed by atoms with Crippen LogP contribution < -0.4 is 10.1 Å². The molecule has 0 radical (unpaired) electrons. The van der Waals surface area contributed by atoms with E-state index < -0.39 is 0 Å². The zero-order chi connectivity index (χ0) is 14.6. The van der Waals surface area contributed by atoms with Crippen LogP contribution in [-0.2, 0) is 6.54 Å². The molecule has 1 aliphatic rings. The molecule has 4 heteroatoms. The molecule has 20 heavy (non-hydrogen) atoms. The summed E-state index contributed by atoms with van der Waals surface area (Å²) in [6.45, 7) is 3.21. The van der Waals surface area contributed by atoms with Crippen molar-refractivity contribution >= 4 is 15.9 Å². The minimum Gasteiger partial charge on any atom is -0.496 e. The van der Waals surface area contributed by atoms with Crippen LogP contribution in [0.4, 0.5) is 0 Å². The lowest BCUT2D eigenvalue weighted by molar-refractivity contribution is 0.104. The molecule has 0 bridgehead atoms. The second kappa shape index (κ2) is 6.92. The first-order valence-electron chi connectivity index (χ1n) is 7.27. The number of aliphatic hydroxyl groups excluding tert-OH is 1. The lowest BCUT2D eigenvalue weighted by Gasteiger charge is -2.39. The Morgan fingerprint density at radius 1 is 1.40 bits per heavy atom. The highest BCUT2D eigenvalue weighted by atomic mass is 79.9. The fourth-order valence-corrected chi connectivity index (χ4v) is 3.28. The zero-order valence-electron chi connectivity index (χ0n) is 12.3. The molecule has 0 aliphatic heterocycles. The Kier molecular flexibility index (Phi) is 5.47. The normalized spacial score (nSPS) is 26.5. The van der Waals surface area contributed by atoms with Gasteiger partial charge in [0.2, 0.25) is 0 Å². The molecule has 112 valence electrons. The highest BCUT2D eigenvalue weighted by Crippen LogP contribution is 2.32. The molecule has 0 atom stereocenters. The largest absolute Gasteiger partial charge is 0.496 e. The molecule has 1 saturated carbocycles. The summed E-state index contributed by atoms with van der Waals surface area (Å²) in [6.07, 6.45) is 4.45. The number of aliphatic hydroxyl groups is 1. The molecule has 1 aromatic carbocycles. The molecule has 1 fully saturated rings. The summed E-state index contributed by atoms with van der Waals surface area (Å²) in [7, 11) is 1.69. The first-order valence-corrected chi connectivity index (χ1v) is 8.06. The van der Waals surface area contributed by atoms with Crippen molar-refractivity contribution in [1.82, 2.24) is 5.32 Å². The molecule has 0 spiro atoms. The Hall–Kier alpha value is -0.580. The van der Waals surface area contributed by atoms with Gasteiger partial charge in [-0.25, -0.2) is 0 Å². The molecule has 0 unspecified atom stereocenters. The number of rotatable bonds is 5. The van der Waals surface area contributed by atoms with Gasteiger partial charge in [0.25, 0.3) is 0 Å². The summed E-state index contributed by atoms with van der Waals surface area (Å²) in [5.41, 5.74) is 0.994. The average molecular weight is 342 g/mol. The van der Waals surface area contributed by atoms with E-state index in [4.69, 9.17) is 4.74 Å². The summed E-state index contributed by atoms with van der Waals surface area (Å²) >= 11 is 3.50. The Morgan fingerprint density at radius 2 is 2.10 bits per heavy atom. The van der Waals surface area contributed by atoms with Crippen LogP contribution >= 0.6 is 15.9 Å². The molecule has 0 saturated heterocycles. The third-order valence-electron chi connectivity index (χ3n) is 4.43. The SMILES string of the molecule is COc1ccc(Br)cc1CNC1(CO)CCC(C)CC1. The van der Waals surface area contributed by atoms with Crippen LogP contribution in [0.1, 0.15) is 38.2 Å². The van der Waals surface area contributed by atoms with Crippen molar-refractivity contribution in [2.24, 2.45) is 5.92 Å². The highest BCUT2D eigenvalue weighted by Gasteiger charge is 2.33. The second-order valence-electron chi connectivity index (χ2n) is 5.93. The Balaban J connectivity index is 2.05. The van der Waals surface area contributed by atoms with Crippen molar-refractivity contribution in [3.63, 3.8) is 0 Å². The maximum Gasteiger partial charge on any atom is 0.123 e. The summed E-state index contributed by atoms with van der Waals surface area (Å²) in [4.78, 5) is 0. The maximum absolute atomic E-state index is 9.78. The van der Waals surface area contributed by atoms with Crippen molar-refractivity contribution in [3.05, 3.63) is 28.2 Å². The molecule has 3 nitrogen and oxygen atoms in total. The van der Waals surface area contributed by atoms with Gasteiger partial charge in [-0.05, 0) is 49.8 Å². The van der Waals surface area contributed by atoms with Crippen LogP contribution in [0.5, 0.6) is 5.75 Å². The van der Waals surface area contributed by atoms with Gasteiger partial charge in [-0.1, -0.05) is 22.9 Å². The molecule has 1 aromatic rings. The van der Waals surface area contributed by atoms with Crippen LogP contribution in [0.2, 0.25) is 0 Å². The van der Waals surface area contributed by atoms with E-state index in [1.807, 2.05) is 12.1 Å². The van der Waals surface area contributed by atoms with Gasteiger partial charge in [-0.15, -0.1) is 0 Å². The van der Waals surface area contributed by atoms with Crippen molar-refractivity contribution in [2.75, 3.05) is 13.7 Å². The minimum atomic E-state index is -0.125. The third kappa shape index (κ3) is 3.74. The molecular weight excluding hydrogens is 318 g/mol. The fraction of sp³-hybridized carbons (Fsp3) is 0.625. The topological polar surface area (TPSA) is 41.5 Å². The Labute approximate surface area is 129 Å². The standard InChI is InChI=1S/C16H24BrNO2/c1-12-5-7-16(11-19,8-6-12)18-10-13-9-14(17)3-4-15(13)20-2/h3-4,9,12,18-19H,5-8,10-11H2,1-2H3. The van der Waals surface area contributed by atoms with Gasteiger partial charge >= 0.3 is 0 Å². The first-order chi connectivity index (χ1) is 9.58. The van der Waals surface area contributed by atoms with Crippen LogP contribution in [0.25, 0.3) is 0 Å². The number of benzene rings is 1. The van der Waals surface area contributed by atoms with Crippen molar-refractivity contribution in [1.29, 1.82) is 0 Å². The Bertz CT molecular complexity index is 442. The number of hydrogen-bond donors (Lipinski definition) is 2. The van der Waals surface area contributed by atoms with E-state index in [2.05, 4.69) is 34.2 Å². The van der Waals surface area contributed by atoms with Crippen molar-refractivity contribution in [2.45, 2.75) is 44.7 Å². The van der Waals surface area contributed by atoms with Crippen LogP contribution in [0.15, 0.2) is 22.7 Å². The number of methoxy groups -OCH3 is 1. The van der Waals surface area contributed by atoms with Gasteiger partial charge in [-0.3, -0.25) is 0 Å². The van der Waals surface area contributed by atoms with Crippen LogP contribution in [-0.4, -0.2) is 24.4 Å². The summed E-state index contributed by atoms with van der Waals surface area (Å²) in [5.74, 6) is 1.66. The second-order valence-corrected chi connectivity index (χ2v) is 6.85. The Morgan fingerprint density at radius 3 is 2.70 bits per heavy atom. The number of nitrogens with one attached hydrogen (secondary N) is 1. The molecular formula is C16H24BrNO2. The van der Waals surface area contributed by atoms with Crippen molar-refractivity contribution in [3.8, 4) is 5.75 Å². The molecule has 2 N–H and O–H groups in total. The van der Waals surface area contributed by atoms with Gasteiger partial charge in [0, 0.05) is 22.1 Å². The monoisotopic (exact) mass is 341 g/mol. The van der Waals surface area contributed by atoms with E-state index in [0.29, 0.717) is 0 Å². The van der Waals surface area contributed by atoms with Gasteiger partial charge < -0.3 is 15.2 Å². The lowest BCUT2D eigenvalue weighted by Crippen LogP contribution is -2.50. The lowest BCUT2D eigenvalue weighted by atomic mass is 9.77. The predicted octanol–water partition coefficient (Wildman–Crippen LogP) is 3.49. The first kappa shape index (κ1) is 15.8. The smallest absolute Gasteiger partial charge is 0.123 e. The van der Waals surface area contributed by atoms with E-state index in [-0.39, 0.29) is 12.1 Å². The van der Waals surface area contributed by atoms with Crippen molar-refractivity contribution < 1.29 is 9.84 Å². The molecule has 0 aromatic heterocycles. The van der Waals surface area contributed by atoms with Gasteiger partial charge in [-0.2, -0.15) is 0 Å². The van der Waals surface area contributed by atoms with E-state index in [1.165, 1.54) is 12.8 Å². The summed E-state index contributed by atoms with van der Waals surface area (Å²) in [5, 5.41) is 13.4. The van der Waals surface area contributed by atoms with Crippen LogP contribution in [0, 0.1) is 5.92 Å². The molecule has 0 heterocycles. The number of ether oxygens (including phenoxy) is 1. The molecule has 1 aliphatic carbocycles. The van der Waals surface area contributed by atoms with E-state index >= 15 is 0 Å². The van der Waals surface area contributed by atoms with Crippen LogP contribution in [0.3, 0.4) is 0 Å². The maximum atomic E-state index is 9.78. The van der Waals surface area contributed by atoms with Gasteiger partial charge in [0.05, 0.1) is 13.7 Å². The van der Waals surface area contributed by atoms with Gasteiger partial charge in [0.15, 0.2) is 0 Å². The molecule has 2 rings (SSSR count). The number of hydrogen-bond acceptors (Lipinski definition) is 3.